The highest BCUT2D eigenvalue weighted by Gasteiger charge is 2.33. The first-order valence-corrected chi connectivity index (χ1v) is 10.1. The molecule has 3 aliphatic carbocycles. The molecule has 0 saturated carbocycles. The molecule has 26 heavy (non-hydrogen) atoms. The average Bonchev–Trinajstić information content (AvgIpc) is 3.30. The fourth-order valence-corrected chi connectivity index (χ4v) is 4.92. The van der Waals surface area contributed by atoms with Crippen LogP contribution in [0, 0.1) is 5.41 Å². The predicted octanol–water partition coefficient (Wildman–Crippen LogP) is 7.44. The summed E-state index contributed by atoms with van der Waals surface area (Å²) in [6.45, 7) is 11.3. The molecule has 0 bridgehead atoms. The van der Waals surface area contributed by atoms with Crippen LogP contribution in [0.4, 0.5) is 0 Å². The molecular formula is C26H30. The Morgan fingerprint density at radius 1 is 1.08 bits per heavy atom. The third-order valence-electron chi connectivity index (χ3n) is 6.90. The topological polar surface area (TPSA) is 0 Å². The Bertz CT molecular complexity index is 879. The summed E-state index contributed by atoms with van der Waals surface area (Å²) in [6.07, 6.45) is 16.3. The van der Waals surface area contributed by atoms with Crippen molar-refractivity contribution in [1.29, 1.82) is 0 Å². The van der Waals surface area contributed by atoms with Gasteiger partial charge in [0.15, 0.2) is 0 Å². The maximum absolute atomic E-state index is 4.45. The highest BCUT2D eigenvalue weighted by Crippen LogP contribution is 2.46. The first-order valence-electron chi connectivity index (χ1n) is 10.1. The third kappa shape index (κ3) is 2.86. The van der Waals surface area contributed by atoms with Crippen LogP contribution >= 0.6 is 0 Å². The van der Waals surface area contributed by atoms with Crippen molar-refractivity contribution in [1.82, 2.24) is 0 Å². The fourth-order valence-electron chi connectivity index (χ4n) is 4.92. The molecule has 0 N–H and O–H groups in total. The summed E-state index contributed by atoms with van der Waals surface area (Å²) >= 11 is 0. The Morgan fingerprint density at radius 2 is 1.88 bits per heavy atom. The van der Waals surface area contributed by atoms with Crippen LogP contribution in [-0.4, -0.2) is 0 Å². The first-order chi connectivity index (χ1) is 12.5. The minimum Gasteiger partial charge on any atom is -0.0952 e. The Kier molecular flexibility index (Phi) is 4.39. The summed E-state index contributed by atoms with van der Waals surface area (Å²) < 4.78 is 0. The molecule has 0 amide bonds. The zero-order chi connectivity index (χ0) is 18.3. The van der Waals surface area contributed by atoms with E-state index in [1.165, 1.54) is 63.8 Å². The zero-order valence-corrected chi connectivity index (χ0v) is 16.5. The lowest BCUT2D eigenvalue weighted by Gasteiger charge is -2.38. The molecular weight excluding hydrogens is 312 g/mol. The number of rotatable bonds is 4. The number of allylic oxidation sites excluding steroid dienone is 9. The Morgan fingerprint density at radius 3 is 2.58 bits per heavy atom. The van der Waals surface area contributed by atoms with E-state index >= 15 is 0 Å². The van der Waals surface area contributed by atoms with Gasteiger partial charge in [-0.2, -0.15) is 0 Å². The van der Waals surface area contributed by atoms with Crippen LogP contribution in [0.2, 0.25) is 0 Å². The van der Waals surface area contributed by atoms with Crippen LogP contribution < -0.4 is 0 Å². The second-order valence-corrected chi connectivity index (χ2v) is 8.34. The van der Waals surface area contributed by atoms with Gasteiger partial charge in [-0.1, -0.05) is 56.9 Å². The van der Waals surface area contributed by atoms with Gasteiger partial charge >= 0.3 is 0 Å². The molecule has 0 saturated heterocycles. The largest absolute Gasteiger partial charge is 0.0952 e. The van der Waals surface area contributed by atoms with E-state index in [0.29, 0.717) is 5.41 Å². The molecule has 1 aromatic carbocycles. The Labute approximate surface area is 158 Å². The number of hydrogen-bond donors (Lipinski definition) is 0. The van der Waals surface area contributed by atoms with Gasteiger partial charge in [-0.15, -0.1) is 0 Å². The summed E-state index contributed by atoms with van der Waals surface area (Å²) in [5.74, 6) is 0. The van der Waals surface area contributed by atoms with Gasteiger partial charge in [0, 0.05) is 0 Å². The maximum atomic E-state index is 4.45. The molecule has 4 rings (SSSR count). The lowest BCUT2D eigenvalue weighted by Crippen LogP contribution is -2.26. The van der Waals surface area contributed by atoms with Crippen LogP contribution in [-0.2, 0) is 6.42 Å². The van der Waals surface area contributed by atoms with Crippen molar-refractivity contribution >= 4 is 11.1 Å². The molecule has 0 atom stereocenters. The molecule has 0 fully saturated rings. The molecule has 0 radical (unpaired) electrons. The number of benzene rings is 1. The second-order valence-electron chi connectivity index (χ2n) is 8.34. The maximum Gasteiger partial charge on any atom is -0.00822 e. The highest BCUT2D eigenvalue weighted by atomic mass is 14.4. The summed E-state index contributed by atoms with van der Waals surface area (Å²) in [4.78, 5) is 0. The molecule has 0 heteroatoms. The second kappa shape index (κ2) is 6.58. The molecule has 0 aliphatic heterocycles. The molecule has 0 aromatic heterocycles. The van der Waals surface area contributed by atoms with E-state index in [0.717, 1.165) is 19.3 Å². The van der Waals surface area contributed by atoms with Gasteiger partial charge in [-0.25, -0.2) is 0 Å². The SMILES string of the molecule is C=C1CC(CC)(CC)Cc2ccc(C3=CC(C4=C(C)C=CC4)=CC3)cc21. The van der Waals surface area contributed by atoms with E-state index in [1.807, 2.05) is 0 Å². The van der Waals surface area contributed by atoms with Crippen LogP contribution in [0.25, 0.3) is 11.1 Å². The molecule has 1 aromatic rings. The lowest BCUT2D eigenvalue weighted by molar-refractivity contribution is 0.261. The molecule has 0 unspecified atom stereocenters. The van der Waals surface area contributed by atoms with Gasteiger partial charge < -0.3 is 0 Å². The average molecular weight is 343 g/mol. The van der Waals surface area contributed by atoms with Crippen LogP contribution in [0.3, 0.4) is 0 Å². The van der Waals surface area contributed by atoms with Gasteiger partial charge in [-0.3, -0.25) is 0 Å². The zero-order valence-electron chi connectivity index (χ0n) is 16.5. The van der Waals surface area contributed by atoms with Crippen molar-refractivity contribution in [2.24, 2.45) is 5.41 Å². The standard InChI is InChI=1S/C26H30/c1-5-26(6-2)16-19(4)25-15-21(11-13-23(25)17-26)20-10-12-22(14-20)24-9-7-8-18(24)3/h7-8,11-15H,4-6,9-10,16-17H2,1-3H3. The van der Waals surface area contributed by atoms with Gasteiger partial charge in [0.2, 0.25) is 0 Å². The summed E-state index contributed by atoms with van der Waals surface area (Å²) in [7, 11) is 0. The normalized spacial score (nSPS) is 21.1. The lowest BCUT2D eigenvalue weighted by atomic mass is 9.66. The van der Waals surface area contributed by atoms with Crippen molar-refractivity contribution in [3.63, 3.8) is 0 Å². The number of fused-ring (bicyclic) bond motifs is 1. The number of hydrogen-bond acceptors (Lipinski definition) is 0. The first kappa shape index (κ1) is 17.3. The van der Waals surface area contributed by atoms with Gasteiger partial charge in [0.1, 0.15) is 0 Å². The predicted molar refractivity (Wildman–Crippen MR) is 114 cm³/mol. The summed E-state index contributed by atoms with van der Waals surface area (Å²) in [6, 6.07) is 7.11. The van der Waals surface area contributed by atoms with E-state index in [9.17, 15) is 0 Å². The summed E-state index contributed by atoms with van der Waals surface area (Å²) in [5.41, 5.74) is 11.8. The van der Waals surface area contributed by atoms with E-state index in [2.05, 4.69) is 69.9 Å². The van der Waals surface area contributed by atoms with Crippen molar-refractivity contribution < 1.29 is 0 Å². The molecule has 3 aliphatic rings. The van der Waals surface area contributed by atoms with Crippen molar-refractivity contribution in [2.45, 2.75) is 59.3 Å². The van der Waals surface area contributed by atoms with E-state index in [1.54, 1.807) is 0 Å². The van der Waals surface area contributed by atoms with Crippen molar-refractivity contribution in [2.75, 3.05) is 0 Å². The van der Waals surface area contributed by atoms with Crippen LogP contribution in [0.5, 0.6) is 0 Å². The minimum absolute atomic E-state index is 0.423. The molecule has 0 spiro atoms. The monoisotopic (exact) mass is 342 g/mol. The highest BCUT2D eigenvalue weighted by molar-refractivity contribution is 5.79. The minimum atomic E-state index is 0.423. The summed E-state index contributed by atoms with van der Waals surface area (Å²) in [5, 5.41) is 0. The fraction of sp³-hybridized carbons (Fsp3) is 0.385. The van der Waals surface area contributed by atoms with Gasteiger partial charge in [-0.05, 0) is 101 Å². The smallest absolute Gasteiger partial charge is 0.00822 e. The van der Waals surface area contributed by atoms with Crippen LogP contribution in [0.1, 0.15) is 69.6 Å². The van der Waals surface area contributed by atoms with E-state index in [4.69, 9.17) is 0 Å². The molecule has 0 nitrogen and oxygen atoms in total. The van der Waals surface area contributed by atoms with E-state index < -0.39 is 0 Å². The van der Waals surface area contributed by atoms with E-state index in [-0.39, 0.29) is 0 Å². The van der Waals surface area contributed by atoms with Gasteiger partial charge in [0.25, 0.3) is 0 Å². The molecule has 134 valence electrons. The third-order valence-corrected chi connectivity index (χ3v) is 6.90. The quantitative estimate of drug-likeness (QED) is 0.533. The van der Waals surface area contributed by atoms with Crippen molar-refractivity contribution in [3.8, 4) is 0 Å². The van der Waals surface area contributed by atoms with Crippen LogP contribution in [0.15, 0.2) is 65.8 Å². The van der Waals surface area contributed by atoms with Gasteiger partial charge in [0.05, 0.1) is 0 Å². The van der Waals surface area contributed by atoms with Crippen molar-refractivity contribution in [3.05, 3.63) is 82.5 Å². The molecule has 0 heterocycles. The Hall–Kier alpha value is -2.08. The Balaban J connectivity index is 1.63.